The first kappa shape index (κ1) is 21.9. The summed E-state index contributed by atoms with van der Waals surface area (Å²) in [6.45, 7) is 0. The highest BCUT2D eigenvalue weighted by molar-refractivity contribution is 9.10. The van der Waals surface area contributed by atoms with Gasteiger partial charge in [-0.2, -0.15) is 0 Å². The summed E-state index contributed by atoms with van der Waals surface area (Å²) in [5, 5.41) is 3.70. The summed E-state index contributed by atoms with van der Waals surface area (Å²) in [7, 11) is 0. The highest BCUT2D eigenvalue weighted by Gasteiger charge is 2.14. The summed E-state index contributed by atoms with van der Waals surface area (Å²) in [6.07, 6.45) is 3.35. The van der Waals surface area contributed by atoms with E-state index in [0.29, 0.717) is 45.0 Å². The summed E-state index contributed by atoms with van der Waals surface area (Å²) in [5.74, 6) is 0.116. The first-order valence-corrected chi connectivity index (χ1v) is 11.8. The fourth-order valence-electron chi connectivity index (χ4n) is 3.95. The molecule has 0 fully saturated rings. The molecule has 8 heteroatoms. The minimum atomic E-state index is -0.459. The highest BCUT2D eigenvalue weighted by Crippen LogP contribution is 2.28. The Balaban J connectivity index is 1.28. The van der Waals surface area contributed by atoms with Crippen molar-refractivity contribution in [2.75, 3.05) is 5.32 Å². The van der Waals surface area contributed by atoms with Crippen LogP contribution in [0, 0.1) is 0 Å². The standard InChI is InChI=1S/C28H16BrN3O4/c29-20-11-19(14-30-15-20)27-32-23-13-21(8-9-25(23)35-27)31-26(33)18-6-3-5-16(10-18)22-12-17-4-1-2-7-24(17)36-28(22)34/h1-15H,(H,31,33). The van der Waals surface area contributed by atoms with Crippen molar-refractivity contribution < 1.29 is 13.6 Å². The molecular weight excluding hydrogens is 522 g/mol. The van der Waals surface area contributed by atoms with Gasteiger partial charge in [0.15, 0.2) is 5.58 Å². The van der Waals surface area contributed by atoms with Gasteiger partial charge in [0.05, 0.1) is 11.1 Å². The Bertz CT molecular complexity index is 1840. The molecule has 0 atom stereocenters. The molecule has 0 unspecified atom stereocenters. The van der Waals surface area contributed by atoms with Crippen LogP contribution < -0.4 is 10.9 Å². The first-order valence-electron chi connectivity index (χ1n) is 11.0. The van der Waals surface area contributed by atoms with Crippen LogP contribution in [0.25, 0.3) is 44.7 Å². The lowest BCUT2D eigenvalue weighted by molar-refractivity contribution is 0.102. The number of benzene rings is 3. The van der Waals surface area contributed by atoms with Crippen molar-refractivity contribution in [3.63, 3.8) is 0 Å². The molecule has 0 aliphatic rings. The highest BCUT2D eigenvalue weighted by atomic mass is 79.9. The summed E-state index contributed by atoms with van der Waals surface area (Å²) in [6, 6.07) is 23.1. The number of hydrogen-bond acceptors (Lipinski definition) is 6. The maximum atomic E-state index is 13.0. The summed E-state index contributed by atoms with van der Waals surface area (Å²) in [4.78, 5) is 34.3. The van der Waals surface area contributed by atoms with E-state index in [-0.39, 0.29) is 5.91 Å². The lowest BCUT2D eigenvalue weighted by Gasteiger charge is -2.07. The molecule has 0 bridgehead atoms. The van der Waals surface area contributed by atoms with Crippen molar-refractivity contribution in [2.24, 2.45) is 0 Å². The van der Waals surface area contributed by atoms with Gasteiger partial charge in [-0.05, 0) is 70.0 Å². The maximum Gasteiger partial charge on any atom is 0.344 e. The number of aromatic nitrogens is 2. The zero-order valence-corrected chi connectivity index (χ0v) is 20.2. The molecule has 1 N–H and O–H groups in total. The molecule has 1 amide bonds. The van der Waals surface area contributed by atoms with E-state index in [4.69, 9.17) is 8.83 Å². The van der Waals surface area contributed by atoms with Crippen molar-refractivity contribution in [2.45, 2.75) is 0 Å². The molecule has 6 rings (SSSR count). The molecule has 0 saturated carbocycles. The topological polar surface area (TPSA) is 98.2 Å². The van der Waals surface area contributed by atoms with Crippen LogP contribution in [-0.4, -0.2) is 15.9 Å². The first-order chi connectivity index (χ1) is 17.5. The Kier molecular flexibility index (Phi) is 5.42. The molecule has 0 spiro atoms. The summed E-state index contributed by atoms with van der Waals surface area (Å²) >= 11 is 3.40. The van der Waals surface area contributed by atoms with Crippen LogP contribution >= 0.6 is 15.9 Å². The minimum Gasteiger partial charge on any atom is -0.436 e. The third-order valence-corrected chi connectivity index (χ3v) is 6.11. The zero-order chi connectivity index (χ0) is 24.6. The number of fused-ring (bicyclic) bond motifs is 2. The number of carbonyl (C=O) groups excluding carboxylic acids is 1. The number of rotatable bonds is 4. The van der Waals surface area contributed by atoms with Crippen LogP contribution in [0.1, 0.15) is 10.4 Å². The molecule has 0 saturated heterocycles. The van der Waals surface area contributed by atoms with Gasteiger partial charge in [0, 0.05) is 33.5 Å². The van der Waals surface area contributed by atoms with Crippen molar-refractivity contribution in [3.8, 4) is 22.6 Å². The minimum absolute atomic E-state index is 0.318. The average Bonchev–Trinajstić information content (AvgIpc) is 3.32. The van der Waals surface area contributed by atoms with Gasteiger partial charge >= 0.3 is 5.63 Å². The SMILES string of the molecule is O=C(Nc1ccc2oc(-c3cncc(Br)c3)nc2c1)c1cccc(-c2cc3ccccc3oc2=O)c1. The molecule has 0 aliphatic carbocycles. The van der Waals surface area contributed by atoms with Gasteiger partial charge in [-0.15, -0.1) is 0 Å². The average molecular weight is 538 g/mol. The van der Waals surface area contributed by atoms with Crippen molar-refractivity contribution in [3.05, 3.63) is 112 Å². The number of amides is 1. The number of carbonyl (C=O) groups is 1. The summed E-state index contributed by atoms with van der Waals surface area (Å²) in [5.41, 5.74) is 3.95. The van der Waals surface area contributed by atoms with Crippen LogP contribution in [0.15, 0.2) is 109 Å². The Morgan fingerprint density at radius 3 is 2.61 bits per heavy atom. The maximum absolute atomic E-state index is 13.0. The van der Waals surface area contributed by atoms with E-state index in [9.17, 15) is 9.59 Å². The third-order valence-electron chi connectivity index (χ3n) is 5.67. The van der Waals surface area contributed by atoms with Crippen LogP contribution in [0.3, 0.4) is 0 Å². The molecule has 0 aliphatic heterocycles. The Labute approximate surface area is 212 Å². The fourth-order valence-corrected chi connectivity index (χ4v) is 4.32. The number of pyridine rings is 1. The van der Waals surface area contributed by atoms with Gasteiger partial charge in [-0.1, -0.05) is 30.3 Å². The normalized spacial score (nSPS) is 11.1. The number of halogens is 1. The number of anilines is 1. The third kappa shape index (κ3) is 4.18. The lowest BCUT2D eigenvalue weighted by atomic mass is 10.0. The van der Waals surface area contributed by atoms with E-state index in [2.05, 4.69) is 31.2 Å². The Morgan fingerprint density at radius 1 is 0.833 bits per heavy atom. The molecule has 7 nitrogen and oxygen atoms in total. The second-order valence-electron chi connectivity index (χ2n) is 8.11. The van der Waals surface area contributed by atoms with Crippen molar-refractivity contribution in [1.29, 1.82) is 0 Å². The van der Waals surface area contributed by atoms with E-state index < -0.39 is 5.63 Å². The van der Waals surface area contributed by atoms with E-state index in [0.717, 1.165) is 15.4 Å². The quantitative estimate of drug-likeness (QED) is 0.252. The Hall–Kier alpha value is -4.56. The number of para-hydroxylation sites is 1. The van der Waals surface area contributed by atoms with Crippen LogP contribution in [0.5, 0.6) is 0 Å². The largest absolute Gasteiger partial charge is 0.436 e. The predicted octanol–water partition coefficient (Wildman–Crippen LogP) is 6.68. The Morgan fingerprint density at radius 2 is 1.72 bits per heavy atom. The lowest BCUT2D eigenvalue weighted by Crippen LogP contribution is -2.12. The van der Waals surface area contributed by atoms with Gasteiger partial charge in [-0.25, -0.2) is 9.78 Å². The van der Waals surface area contributed by atoms with Gasteiger partial charge in [0.1, 0.15) is 11.1 Å². The summed E-state index contributed by atoms with van der Waals surface area (Å²) < 4.78 is 12.1. The monoisotopic (exact) mass is 537 g/mol. The van der Waals surface area contributed by atoms with Crippen LogP contribution in [0.2, 0.25) is 0 Å². The molecule has 3 aromatic carbocycles. The molecular formula is C28H16BrN3O4. The number of nitrogens with one attached hydrogen (secondary N) is 1. The van der Waals surface area contributed by atoms with Crippen LogP contribution in [-0.2, 0) is 0 Å². The molecule has 3 aromatic heterocycles. The van der Waals surface area contributed by atoms with Crippen molar-refractivity contribution >= 4 is 49.6 Å². The van der Waals surface area contributed by atoms with E-state index in [1.807, 2.05) is 24.3 Å². The molecule has 174 valence electrons. The van der Waals surface area contributed by atoms with Gasteiger partial charge in [-0.3, -0.25) is 9.78 Å². The second kappa shape index (κ2) is 8.90. The molecule has 3 heterocycles. The number of nitrogens with zero attached hydrogens (tertiary/aromatic N) is 2. The van der Waals surface area contributed by atoms with E-state index in [1.54, 1.807) is 67.0 Å². The van der Waals surface area contributed by atoms with E-state index in [1.165, 1.54) is 0 Å². The molecule has 36 heavy (non-hydrogen) atoms. The van der Waals surface area contributed by atoms with Gasteiger partial charge < -0.3 is 14.2 Å². The van der Waals surface area contributed by atoms with Crippen LogP contribution in [0.4, 0.5) is 5.69 Å². The number of oxazole rings is 1. The van der Waals surface area contributed by atoms with Gasteiger partial charge in [0.2, 0.25) is 5.89 Å². The smallest absolute Gasteiger partial charge is 0.344 e. The molecule has 6 aromatic rings. The van der Waals surface area contributed by atoms with E-state index >= 15 is 0 Å². The second-order valence-corrected chi connectivity index (χ2v) is 9.03. The molecule has 0 radical (unpaired) electrons. The number of hydrogen-bond donors (Lipinski definition) is 1. The fraction of sp³-hybridized carbons (Fsp3) is 0. The van der Waals surface area contributed by atoms with Gasteiger partial charge in [0.25, 0.3) is 5.91 Å². The zero-order valence-electron chi connectivity index (χ0n) is 18.6. The van der Waals surface area contributed by atoms with Crippen molar-refractivity contribution in [1.82, 2.24) is 9.97 Å². The predicted molar refractivity (Wildman–Crippen MR) is 141 cm³/mol.